The number of benzene rings is 1. The van der Waals surface area contributed by atoms with E-state index in [0.717, 1.165) is 12.1 Å². The highest BCUT2D eigenvalue weighted by molar-refractivity contribution is 5.93. The van der Waals surface area contributed by atoms with Crippen LogP contribution in [-0.4, -0.2) is 23.3 Å². The summed E-state index contributed by atoms with van der Waals surface area (Å²) in [6.45, 7) is 0.0503. The number of nitrogens with one attached hydrogen (secondary N) is 2. The van der Waals surface area contributed by atoms with Crippen molar-refractivity contribution in [2.75, 3.05) is 11.9 Å². The summed E-state index contributed by atoms with van der Waals surface area (Å²) in [7, 11) is 0. The van der Waals surface area contributed by atoms with Crippen LogP contribution < -0.4 is 10.6 Å². The highest BCUT2D eigenvalue weighted by Crippen LogP contribution is 2.21. The fraction of sp³-hybridized carbons (Fsp3) is 0.143. The Hall–Kier alpha value is -3.23. The third-order valence-electron chi connectivity index (χ3n) is 2.81. The van der Waals surface area contributed by atoms with Gasteiger partial charge in [-0.05, 0) is 24.3 Å². The molecule has 2 N–H and O–H groups in total. The van der Waals surface area contributed by atoms with E-state index in [1.165, 1.54) is 18.4 Å². The Morgan fingerprint density at radius 3 is 2.74 bits per heavy atom. The van der Waals surface area contributed by atoms with Crippen molar-refractivity contribution >= 4 is 23.2 Å². The van der Waals surface area contributed by atoms with Gasteiger partial charge in [0, 0.05) is 24.7 Å². The summed E-state index contributed by atoms with van der Waals surface area (Å²) in [5, 5.41) is 15.5. The first kappa shape index (κ1) is 16.1. The van der Waals surface area contributed by atoms with Crippen LogP contribution >= 0.6 is 0 Å². The van der Waals surface area contributed by atoms with Crippen LogP contribution in [-0.2, 0) is 4.79 Å². The van der Waals surface area contributed by atoms with Gasteiger partial charge >= 0.3 is 5.69 Å². The lowest BCUT2D eigenvalue weighted by Crippen LogP contribution is -2.27. The molecule has 0 spiro atoms. The fourth-order valence-electron chi connectivity index (χ4n) is 1.74. The van der Waals surface area contributed by atoms with Crippen LogP contribution in [0.2, 0.25) is 0 Å². The van der Waals surface area contributed by atoms with Crippen LogP contribution in [0.3, 0.4) is 0 Å². The summed E-state index contributed by atoms with van der Waals surface area (Å²) >= 11 is 0. The van der Waals surface area contributed by atoms with Crippen molar-refractivity contribution in [3.63, 3.8) is 0 Å². The molecule has 0 aliphatic rings. The molecule has 0 atom stereocenters. The van der Waals surface area contributed by atoms with Gasteiger partial charge in [-0.3, -0.25) is 19.7 Å². The number of nitrogens with zero attached hydrogens (tertiary/aromatic N) is 1. The van der Waals surface area contributed by atoms with E-state index in [0.29, 0.717) is 0 Å². The summed E-state index contributed by atoms with van der Waals surface area (Å²) < 4.78 is 18.1. The molecular weight excluding hydrogens is 309 g/mol. The van der Waals surface area contributed by atoms with Crippen molar-refractivity contribution in [1.82, 2.24) is 5.32 Å². The molecule has 23 heavy (non-hydrogen) atoms. The standard InChI is InChI=1S/C14H12FN3O5/c15-10-4-3-9(8-11(10)18(21)22)17-13(19)5-6-16-14(20)12-2-1-7-23-12/h1-4,7-8H,5-6H2,(H,16,20)(H,17,19). The molecule has 9 heteroatoms. The third-order valence-corrected chi connectivity index (χ3v) is 2.81. The number of rotatable bonds is 6. The van der Waals surface area contributed by atoms with Crippen molar-refractivity contribution in [1.29, 1.82) is 0 Å². The second kappa shape index (κ2) is 7.16. The lowest BCUT2D eigenvalue weighted by molar-refractivity contribution is -0.387. The molecule has 0 radical (unpaired) electrons. The Kier molecular flexibility index (Phi) is 5.03. The summed E-state index contributed by atoms with van der Waals surface area (Å²) in [4.78, 5) is 33.0. The Balaban J connectivity index is 1.84. The SMILES string of the molecule is O=C(CCNC(=O)c1ccco1)Nc1ccc(F)c([N+](=O)[O-])c1. The van der Waals surface area contributed by atoms with Gasteiger partial charge in [0.1, 0.15) is 0 Å². The van der Waals surface area contributed by atoms with Crippen LogP contribution in [0.1, 0.15) is 17.0 Å². The van der Waals surface area contributed by atoms with Gasteiger partial charge < -0.3 is 15.1 Å². The number of carbonyl (C=O) groups is 2. The number of anilines is 1. The highest BCUT2D eigenvalue weighted by atomic mass is 19.1. The van der Waals surface area contributed by atoms with Crippen molar-refractivity contribution in [3.8, 4) is 0 Å². The molecule has 0 saturated heterocycles. The van der Waals surface area contributed by atoms with Gasteiger partial charge in [-0.2, -0.15) is 4.39 Å². The summed E-state index contributed by atoms with van der Waals surface area (Å²) in [5.74, 6) is -1.80. The van der Waals surface area contributed by atoms with Crippen LogP contribution in [0, 0.1) is 15.9 Å². The zero-order valence-electron chi connectivity index (χ0n) is 11.7. The first-order valence-corrected chi connectivity index (χ1v) is 6.53. The van der Waals surface area contributed by atoms with Crippen LogP contribution in [0.5, 0.6) is 0 Å². The van der Waals surface area contributed by atoms with Crippen molar-refractivity contribution in [3.05, 3.63) is 58.3 Å². The van der Waals surface area contributed by atoms with Crippen LogP contribution in [0.4, 0.5) is 15.8 Å². The monoisotopic (exact) mass is 321 g/mol. The minimum atomic E-state index is -0.987. The topological polar surface area (TPSA) is 114 Å². The molecule has 0 fully saturated rings. The van der Waals surface area contributed by atoms with E-state index in [2.05, 4.69) is 10.6 Å². The zero-order valence-corrected chi connectivity index (χ0v) is 11.7. The number of halogens is 1. The second-order valence-electron chi connectivity index (χ2n) is 4.45. The molecule has 0 aliphatic carbocycles. The minimum absolute atomic E-state index is 0.0503. The Morgan fingerprint density at radius 2 is 2.09 bits per heavy atom. The molecule has 1 aromatic heterocycles. The smallest absolute Gasteiger partial charge is 0.306 e. The van der Waals surface area contributed by atoms with E-state index >= 15 is 0 Å². The average molecular weight is 321 g/mol. The number of nitro benzene ring substituents is 1. The molecular formula is C14H12FN3O5. The van der Waals surface area contributed by atoms with Gasteiger partial charge in [0.25, 0.3) is 5.91 Å². The van der Waals surface area contributed by atoms with Gasteiger partial charge in [0.2, 0.25) is 11.7 Å². The maximum absolute atomic E-state index is 13.2. The lowest BCUT2D eigenvalue weighted by atomic mass is 10.2. The van der Waals surface area contributed by atoms with Crippen LogP contribution in [0.15, 0.2) is 41.0 Å². The first-order chi connectivity index (χ1) is 11.0. The Labute approximate surface area is 129 Å². The Morgan fingerprint density at radius 1 is 1.30 bits per heavy atom. The number of amides is 2. The molecule has 2 amide bonds. The van der Waals surface area contributed by atoms with Crippen LogP contribution in [0.25, 0.3) is 0 Å². The number of hydrogen-bond donors (Lipinski definition) is 2. The highest BCUT2D eigenvalue weighted by Gasteiger charge is 2.15. The predicted octanol–water partition coefficient (Wildman–Crippen LogP) is 2.09. The molecule has 0 saturated carbocycles. The van der Waals surface area contributed by atoms with Gasteiger partial charge in [-0.1, -0.05) is 0 Å². The molecule has 8 nitrogen and oxygen atoms in total. The van der Waals surface area contributed by atoms with E-state index in [1.54, 1.807) is 6.07 Å². The first-order valence-electron chi connectivity index (χ1n) is 6.53. The lowest BCUT2D eigenvalue weighted by Gasteiger charge is -2.06. The maximum Gasteiger partial charge on any atom is 0.306 e. The molecule has 120 valence electrons. The van der Waals surface area contributed by atoms with E-state index in [9.17, 15) is 24.1 Å². The Bertz CT molecular complexity index is 730. The number of hydrogen-bond acceptors (Lipinski definition) is 5. The van der Waals surface area contributed by atoms with E-state index in [4.69, 9.17) is 4.42 Å². The molecule has 2 aromatic rings. The minimum Gasteiger partial charge on any atom is -0.459 e. The second-order valence-corrected chi connectivity index (χ2v) is 4.45. The quantitative estimate of drug-likeness (QED) is 0.624. The van der Waals surface area contributed by atoms with Crippen molar-refractivity contribution < 1.29 is 23.3 Å². The molecule has 0 bridgehead atoms. The molecule has 0 aliphatic heterocycles. The zero-order chi connectivity index (χ0) is 16.8. The maximum atomic E-state index is 13.2. The largest absolute Gasteiger partial charge is 0.459 e. The number of nitro groups is 1. The average Bonchev–Trinajstić information content (AvgIpc) is 3.03. The van der Waals surface area contributed by atoms with Gasteiger partial charge in [-0.25, -0.2) is 0 Å². The third kappa shape index (κ3) is 4.37. The summed E-state index contributed by atoms with van der Waals surface area (Å²) in [6, 6.07) is 6.07. The molecule has 1 aromatic carbocycles. The number of carbonyl (C=O) groups excluding carboxylic acids is 2. The summed E-state index contributed by atoms with van der Waals surface area (Å²) in [6.07, 6.45) is 1.29. The van der Waals surface area contributed by atoms with E-state index in [1.807, 2.05) is 0 Å². The van der Waals surface area contributed by atoms with E-state index in [-0.39, 0.29) is 24.4 Å². The fourth-order valence-corrected chi connectivity index (χ4v) is 1.74. The normalized spacial score (nSPS) is 10.1. The number of furan rings is 1. The van der Waals surface area contributed by atoms with Gasteiger partial charge in [0.15, 0.2) is 5.76 Å². The molecule has 1 heterocycles. The van der Waals surface area contributed by atoms with Crippen molar-refractivity contribution in [2.24, 2.45) is 0 Å². The summed E-state index contributed by atoms with van der Waals surface area (Å²) in [5.41, 5.74) is -0.630. The van der Waals surface area contributed by atoms with Gasteiger partial charge in [-0.15, -0.1) is 0 Å². The van der Waals surface area contributed by atoms with Gasteiger partial charge in [0.05, 0.1) is 11.2 Å². The van der Waals surface area contributed by atoms with Crippen molar-refractivity contribution in [2.45, 2.75) is 6.42 Å². The predicted molar refractivity (Wildman–Crippen MR) is 77.3 cm³/mol. The molecule has 2 rings (SSSR count). The molecule has 0 unspecified atom stereocenters. The van der Waals surface area contributed by atoms with E-state index < -0.39 is 28.2 Å².